The highest BCUT2D eigenvalue weighted by atomic mass is 35.5. The second-order valence-electron chi connectivity index (χ2n) is 3.61. The molecule has 0 saturated carbocycles. The van der Waals surface area contributed by atoms with E-state index < -0.39 is 0 Å². The summed E-state index contributed by atoms with van der Waals surface area (Å²) in [4.78, 5) is 1.15. The molecule has 15 heavy (non-hydrogen) atoms. The van der Waals surface area contributed by atoms with Gasteiger partial charge in [-0.05, 0) is 31.5 Å². The molecular formula is C11H11Cl2NS. The van der Waals surface area contributed by atoms with Gasteiger partial charge in [-0.2, -0.15) is 0 Å². The summed E-state index contributed by atoms with van der Waals surface area (Å²) in [5.41, 5.74) is 7.05. The first-order valence-electron chi connectivity index (χ1n) is 4.65. The minimum Gasteiger partial charge on any atom is -0.323 e. The number of thiophene rings is 1. The van der Waals surface area contributed by atoms with Crippen LogP contribution in [-0.2, 0) is 0 Å². The van der Waals surface area contributed by atoms with Gasteiger partial charge < -0.3 is 5.73 Å². The third-order valence-electron chi connectivity index (χ3n) is 2.43. The van der Waals surface area contributed by atoms with Crippen LogP contribution in [0.4, 0.5) is 0 Å². The summed E-state index contributed by atoms with van der Waals surface area (Å²) in [5, 5.41) is 2.53. The summed E-state index contributed by atoms with van der Waals surface area (Å²) < 4.78 is 1.04. The lowest BCUT2D eigenvalue weighted by molar-refractivity contribution is 0.832. The standard InChI is InChI=1S/C11H11Cl2NS/c1-5-9-7(12)3-4-8(13)11(9)15-10(5)6(2)14/h3-4,6H,14H2,1-2H3. The molecule has 2 rings (SSSR count). The molecule has 1 aromatic heterocycles. The van der Waals surface area contributed by atoms with E-state index in [9.17, 15) is 0 Å². The Hall–Kier alpha value is -0.280. The van der Waals surface area contributed by atoms with Crippen molar-refractivity contribution in [1.29, 1.82) is 0 Å². The lowest BCUT2D eigenvalue weighted by atomic mass is 10.1. The van der Waals surface area contributed by atoms with Gasteiger partial charge in [-0.15, -0.1) is 11.3 Å². The van der Waals surface area contributed by atoms with Crippen LogP contribution in [0.25, 0.3) is 10.1 Å². The van der Waals surface area contributed by atoms with E-state index in [2.05, 4.69) is 0 Å². The van der Waals surface area contributed by atoms with Gasteiger partial charge in [0.1, 0.15) is 0 Å². The Kier molecular flexibility index (Phi) is 2.95. The van der Waals surface area contributed by atoms with E-state index >= 15 is 0 Å². The SMILES string of the molecule is Cc1c(C(C)N)sc2c(Cl)ccc(Cl)c12. The van der Waals surface area contributed by atoms with E-state index in [4.69, 9.17) is 28.9 Å². The smallest absolute Gasteiger partial charge is 0.0585 e. The van der Waals surface area contributed by atoms with Crippen LogP contribution >= 0.6 is 34.5 Å². The summed E-state index contributed by atoms with van der Waals surface area (Å²) in [5.74, 6) is 0. The zero-order valence-electron chi connectivity index (χ0n) is 8.47. The second-order valence-corrected chi connectivity index (χ2v) is 5.48. The Morgan fingerprint density at radius 3 is 2.40 bits per heavy atom. The van der Waals surface area contributed by atoms with Gasteiger partial charge in [-0.25, -0.2) is 0 Å². The minimum absolute atomic E-state index is 0.0227. The van der Waals surface area contributed by atoms with Crippen LogP contribution in [-0.4, -0.2) is 0 Å². The normalized spacial score (nSPS) is 13.4. The Balaban J connectivity index is 2.87. The van der Waals surface area contributed by atoms with Gasteiger partial charge in [-0.3, -0.25) is 0 Å². The quantitative estimate of drug-likeness (QED) is 0.800. The molecule has 1 unspecified atom stereocenters. The third-order valence-corrected chi connectivity index (χ3v) is 4.70. The number of benzene rings is 1. The van der Waals surface area contributed by atoms with Crippen LogP contribution < -0.4 is 5.73 Å². The van der Waals surface area contributed by atoms with Gasteiger partial charge in [-0.1, -0.05) is 23.2 Å². The van der Waals surface area contributed by atoms with Crippen molar-refractivity contribution in [2.75, 3.05) is 0 Å². The summed E-state index contributed by atoms with van der Waals surface area (Å²) >= 11 is 13.9. The molecule has 2 N–H and O–H groups in total. The molecule has 0 bridgehead atoms. The van der Waals surface area contributed by atoms with Crippen molar-refractivity contribution < 1.29 is 0 Å². The molecule has 2 aromatic rings. The zero-order chi connectivity index (χ0) is 11.2. The highest BCUT2D eigenvalue weighted by Gasteiger charge is 2.15. The maximum Gasteiger partial charge on any atom is 0.0585 e. The molecule has 4 heteroatoms. The van der Waals surface area contributed by atoms with Crippen molar-refractivity contribution in [3.05, 3.63) is 32.6 Å². The molecule has 0 aliphatic rings. The molecule has 80 valence electrons. The Labute approximate surface area is 103 Å². The molecule has 1 heterocycles. The van der Waals surface area contributed by atoms with Crippen molar-refractivity contribution >= 4 is 44.6 Å². The Bertz CT molecular complexity index is 517. The van der Waals surface area contributed by atoms with Crippen LogP contribution in [0, 0.1) is 6.92 Å². The zero-order valence-corrected chi connectivity index (χ0v) is 10.8. The molecule has 1 nitrogen and oxygen atoms in total. The van der Waals surface area contributed by atoms with Gasteiger partial charge in [0, 0.05) is 21.3 Å². The fourth-order valence-electron chi connectivity index (χ4n) is 1.73. The highest BCUT2D eigenvalue weighted by Crippen LogP contribution is 2.41. The van der Waals surface area contributed by atoms with Crippen LogP contribution in [0.15, 0.2) is 12.1 Å². The predicted octanol–water partition coefficient (Wildman–Crippen LogP) is 4.54. The van der Waals surface area contributed by atoms with Crippen molar-refractivity contribution in [2.24, 2.45) is 5.73 Å². The van der Waals surface area contributed by atoms with E-state index in [1.807, 2.05) is 26.0 Å². The van der Waals surface area contributed by atoms with E-state index in [1.165, 1.54) is 0 Å². The lowest BCUT2D eigenvalue weighted by Crippen LogP contribution is -2.03. The van der Waals surface area contributed by atoms with Gasteiger partial charge in [0.05, 0.1) is 9.72 Å². The maximum atomic E-state index is 6.16. The van der Waals surface area contributed by atoms with Crippen LogP contribution in [0.1, 0.15) is 23.4 Å². The topological polar surface area (TPSA) is 26.0 Å². The minimum atomic E-state index is 0.0227. The first kappa shape index (κ1) is 11.2. The van der Waals surface area contributed by atoms with Crippen molar-refractivity contribution in [2.45, 2.75) is 19.9 Å². The molecule has 0 saturated heterocycles. The van der Waals surface area contributed by atoms with Crippen LogP contribution in [0.3, 0.4) is 0 Å². The summed E-state index contributed by atoms with van der Waals surface area (Å²) in [6, 6.07) is 3.68. The van der Waals surface area contributed by atoms with Crippen molar-refractivity contribution in [1.82, 2.24) is 0 Å². The molecule has 0 spiro atoms. The monoisotopic (exact) mass is 259 g/mol. The highest BCUT2D eigenvalue weighted by molar-refractivity contribution is 7.20. The summed E-state index contributed by atoms with van der Waals surface area (Å²) in [6.45, 7) is 4.01. The number of halogens is 2. The molecule has 0 radical (unpaired) electrons. The van der Waals surface area contributed by atoms with Gasteiger partial charge in [0.25, 0.3) is 0 Å². The number of hydrogen-bond donors (Lipinski definition) is 1. The number of hydrogen-bond acceptors (Lipinski definition) is 2. The number of rotatable bonds is 1. The van der Waals surface area contributed by atoms with Crippen molar-refractivity contribution in [3.8, 4) is 0 Å². The number of nitrogens with two attached hydrogens (primary N) is 1. The van der Waals surface area contributed by atoms with Gasteiger partial charge in [0.15, 0.2) is 0 Å². The molecule has 1 atom stereocenters. The largest absolute Gasteiger partial charge is 0.323 e. The van der Waals surface area contributed by atoms with Gasteiger partial charge >= 0.3 is 0 Å². The second kappa shape index (κ2) is 3.95. The van der Waals surface area contributed by atoms with E-state index in [0.717, 1.165) is 30.6 Å². The fraction of sp³-hybridized carbons (Fsp3) is 0.273. The van der Waals surface area contributed by atoms with E-state index in [1.54, 1.807) is 11.3 Å². The summed E-state index contributed by atoms with van der Waals surface area (Å²) in [7, 11) is 0. The van der Waals surface area contributed by atoms with Crippen LogP contribution in [0.2, 0.25) is 10.0 Å². The summed E-state index contributed by atoms with van der Waals surface area (Å²) in [6.07, 6.45) is 0. The van der Waals surface area contributed by atoms with E-state index in [0.29, 0.717) is 0 Å². The number of fused-ring (bicyclic) bond motifs is 1. The third kappa shape index (κ3) is 1.76. The average molecular weight is 260 g/mol. The predicted molar refractivity (Wildman–Crippen MR) is 69.2 cm³/mol. The van der Waals surface area contributed by atoms with Crippen molar-refractivity contribution in [3.63, 3.8) is 0 Å². The van der Waals surface area contributed by atoms with E-state index in [-0.39, 0.29) is 6.04 Å². The molecule has 0 amide bonds. The Morgan fingerprint density at radius 1 is 1.27 bits per heavy atom. The molecule has 0 aliphatic carbocycles. The average Bonchev–Trinajstić information content (AvgIpc) is 2.51. The number of aryl methyl sites for hydroxylation is 1. The van der Waals surface area contributed by atoms with Gasteiger partial charge in [0.2, 0.25) is 0 Å². The Morgan fingerprint density at radius 2 is 1.87 bits per heavy atom. The maximum absolute atomic E-state index is 6.16. The molecule has 0 aliphatic heterocycles. The fourth-order valence-corrected chi connectivity index (χ4v) is 3.55. The first-order valence-corrected chi connectivity index (χ1v) is 6.22. The molecular weight excluding hydrogens is 249 g/mol. The van der Waals surface area contributed by atoms with Crippen LogP contribution in [0.5, 0.6) is 0 Å². The molecule has 1 aromatic carbocycles. The lowest BCUT2D eigenvalue weighted by Gasteiger charge is -2.02. The first-order chi connectivity index (χ1) is 7.02. The molecule has 0 fully saturated rings.